The fraction of sp³-hybridized carbons (Fsp3) is 0.917. The Morgan fingerprint density at radius 3 is 2.81 bits per heavy atom. The van der Waals surface area contributed by atoms with Crippen molar-refractivity contribution in [3.05, 3.63) is 0 Å². The second-order valence-electron chi connectivity index (χ2n) is 4.69. The van der Waals surface area contributed by atoms with Gasteiger partial charge in [0, 0.05) is 19.1 Å². The highest BCUT2D eigenvalue weighted by Gasteiger charge is 2.30. The lowest BCUT2D eigenvalue weighted by molar-refractivity contribution is -0.123. The average molecular weight is 228 g/mol. The van der Waals surface area contributed by atoms with Gasteiger partial charge in [-0.1, -0.05) is 6.92 Å². The molecule has 0 bridgehead atoms. The number of nitrogens with two attached hydrogens (primary N) is 1. The van der Waals surface area contributed by atoms with Crippen LogP contribution in [0.3, 0.4) is 0 Å². The molecule has 4 heteroatoms. The van der Waals surface area contributed by atoms with Crippen molar-refractivity contribution in [2.24, 2.45) is 11.7 Å². The van der Waals surface area contributed by atoms with Crippen LogP contribution in [-0.2, 0) is 9.53 Å². The summed E-state index contributed by atoms with van der Waals surface area (Å²) in [4.78, 5) is 11.5. The van der Waals surface area contributed by atoms with Crippen LogP contribution in [0.15, 0.2) is 0 Å². The number of amides is 1. The van der Waals surface area contributed by atoms with Crippen LogP contribution in [0.4, 0.5) is 0 Å². The Morgan fingerprint density at radius 1 is 1.56 bits per heavy atom. The monoisotopic (exact) mass is 228 g/mol. The molecule has 0 heterocycles. The molecule has 1 saturated carbocycles. The van der Waals surface area contributed by atoms with Gasteiger partial charge in [-0.25, -0.2) is 0 Å². The van der Waals surface area contributed by atoms with Crippen molar-refractivity contribution in [3.63, 3.8) is 0 Å². The molecule has 1 unspecified atom stereocenters. The van der Waals surface area contributed by atoms with Gasteiger partial charge >= 0.3 is 0 Å². The van der Waals surface area contributed by atoms with Gasteiger partial charge in [-0.05, 0) is 38.6 Å². The lowest BCUT2D eigenvalue weighted by Gasteiger charge is -2.35. The van der Waals surface area contributed by atoms with E-state index in [1.807, 2.05) is 6.92 Å². The molecule has 1 rings (SSSR count). The lowest BCUT2D eigenvalue weighted by atomic mass is 9.89. The van der Waals surface area contributed by atoms with Crippen LogP contribution in [0.25, 0.3) is 0 Å². The Hall–Kier alpha value is -0.610. The van der Waals surface area contributed by atoms with Gasteiger partial charge in [0.25, 0.3) is 0 Å². The van der Waals surface area contributed by atoms with Crippen molar-refractivity contribution in [2.45, 2.75) is 51.7 Å². The lowest BCUT2D eigenvalue weighted by Crippen LogP contribution is -2.47. The van der Waals surface area contributed by atoms with E-state index in [9.17, 15) is 4.79 Å². The van der Waals surface area contributed by atoms with E-state index < -0.39 is 0 Å². The second-order valence-corrected chi connectivity index (χ2v) is 4.69. The third-order valence-electron chi connectivity index (χ3n) is 3.13. The van der Waals surface area contributed by atoms with Gasteiger partial charge < -0.3 is 15.8 Å². The zero-order valence-corrected chi connectivity index (χ0v) is 10.4. The van der Waals surface area contributed by atoms with Crippen molar-refractivity contribution in [3.8, 4) is 0 Å². The smallest absolute Gasteiger partial charge is 0.220 e. The van der Waals surface area contributed by atoms with Crippen LogP contribution in [0, 0.1) is 5.92 Å². The first-order chi connectivity index (χ1) is 7.65. The van der Waals surface area contributed by atoms with Gasteiger partial charge in [0.05, 0.1) is 6.10 Å². The van der Waals surface area contributed by atoms with Crippen molar-refractivity contribution in [1.29, 1.82) is 0 Å². The number of carbonyl (C=O) groups excluding carboxylic acids is 1. The molecule has 1 aliphatic rings. The predicted octanol–water partition coefficient (Wildman–Crippen LogP) is 1.05. The molecule has 1 aliphatic carbocycles. The number of nitrogens with one attached hydrogen (secondary N) is 1. The standard InChI is InChI=1S/C12H24N2O2/c1-3-16-11-6-10(7-11)14-12(15)5-4-9(2)8-13/h9-11H,3-8,13H2,1-2H3,(H,14,15). The van der Waals surface area contributed by atoms with E-state index in [2.05, 4.69) is 12.2 Å². The molecule has 0 aromatic rings. The molecule has 1 amide bonds. The van der Waals surface area contributed by atoms with E-state index in [0.29, 0.717) is 31.0 Å². The van der Waals surface area contributed by atoms with Crippen LogP contribution in [0.5, 0.6) is 0 Å². The zero-order chi connectivity index (χ0) is 12.0. The minimum atomic E-state index is 0.153. The van der Waals surface area contributed by atoms with E-state index in [1.54, 1.807) is 0 Å². The molecule has 0 aliphatic heterocycles. The highest BCUT2D eigenvalue weighted by atomic mass is 16.5. The summed E-state index contributed by atoms with van der Waals surface area (Å²) in [5, 5.41) is 3.02. The summed E-state index contributed by atoms with van der Waals surface area (Å²) in [5.74, 6) is 0.587. The van der Waals surface area contributed by atoms with Crippen LogP contribution in [0.2, 0.25) is 0 Å². The summed E-state index contributed by atoms with van der Waals surface area (Å²) in [6.07, 6.45) is 3.76. The summed E-state index contributed by atoms with van der Waals surface area (Å²) >= 11 is 0. The molecule has 0 spiro atoms. The molecule has 1 fully saturated rings. The summed E-state index contributed by atoms with van der Waals surface area (Å²) < 4.78 is 5.44. The first-order valence-electron chi connectivity index (χ1n) is 6.26. The maximum atomic E-state index is 11.5. The second kappa shape index (κ2) is 6.86. The normalized spacial score (nSPS) is 25.9. The molecule has 0 aromatic carbocycles. The number of hydrogen-bond donors (Lipinski definition) is 2. The van der Waals surface area contributed by atoms with E-state index in [-0.39, 0.29) is 5.91 Å². The third-order valence-corrected chi connectivity index (χ3v) is 3.13. The Morgan fingerprint density at radius 2 is 2.25 bits per heavy atom. The quantitative estimate of drug-likeness (QED) is 0.684. The van der Waals surface area contributed by atoms with Gasteiger partial charge in [-0.2, -0.15) is 0 Å². The van der Waals surface area contributed by atoms with E-state index in [1.165, 1.54) is 0 Å². The van der Waals surface area contributed by atoms with Crippen LogP contribution in [0.1, 0.15) is 39.5 Å². The topological polar surface area (TPSA) is 64.3 Å². The van der Waals surface area contributed by atoms with Crippen LogP contribution >= 0.6 is 0 Å². The van der Waals surface area contributed by atoms with Crippen molar-refractivity contribution in [1.82, 2.24) is 5.32 Å². The Bertz CT molecular complexity index is 215. The molecule has 3 N–H and O–H groups in total. The number of ether oxygens (including phenoxy) is 1. The summed E-state index contributed by atoms with van der Waals surface area (Å²) in [7, 11) is 0. The number of hydrogen-bond acceptors (Lipinski definition) is 3. The Kier molecular flexibility index (Phi) is 5.77. The largest absolute Gasteiger partial charge is 0.378 e. The summed E-state index contributed by atoms with van der Waals surface area (Å²) in [6.45, 7) is 5.49. The third kappa shape index (κ3) is 4.49. The molecule has 4 nitrogen and oxygen atoms in total. The van der Waals surface area contributed by atoms with E-state index in [0.717, 1.165) is 25.9 Å². The highest BCUT2D eigenvalue weighted by Crippen LogP contribution is 2.23. The molecule has 16 heavy (non-hydrogen) atoms. The van der Waals surface area contributed by atoms with Crippen molar-refractivity contribution < 1.29 is 9.53 Å². The minimum absolute atomic E-state index is 0.153. The van der Waals surface area contributed by atoms with Crippen LogP contribution in [-0.4, -0.2) is 31.2 Å². The van der Waals surface area contributed by atoms with Gasteiger partial charge in [0.1, 0.15) is 0 Å². The first kappa shape index (κ1) is 13.5. The van der Waals surface area contributed by atoms with Gasteiger partial charge in [0.2, 0.25) is 5.91 Å². The maximum Gasteiger partial charge on any atom is 0.220 e. The molecular formula is C12H24N2O2. The minimum Gasteiger partial charge on any atom is -0.378 e. The van der Waals surface area contributed by atoms with Crippen molar-refractivity contribution in [2.75, 3.05) is 13.2 Å². The molecule has 1 atom stereocenters. The maximum absolute atomic E-state index is 11.5. The fourth-order valence-electron chi connectivity index (χ4n) is 1.85. The predicted molar refractivity (Wildman–Crippen MR) is 64.0 cm³/mol. The first-order valence-corrected chi connectivity index (χ1v) is 6.26. The number of carbonyl (C=O) groups is 1. The molecule has 0 radical (unpaired) electrons. The summed E-state index contributed by atoms with van der Waals surface area (Å²) in [6, 6.07) is 0.331. The van der Waals surface area contributed by atoms with E-state index in [4.69, 9.17) is 10.5 Å². The SMILES string of the molecule is CCOC1CC(NC(=O)CCC(C)CN)C1. The molecule has 94 valence electrons. The fourth-order valence-corrected chi connectivity index (χ4v) is 1.85. The number of rotatable bonds is 7. The van der Waals surface area contributed by atoms with Gasteiger partial charge in [-0.3, -0.25) is 4.79 Å². The van der Waals surface area contributed by atoms with Crippen LogP contribution < -0.4 is 11.1 Å². The zero-order valence-electron chi connectivity index (χ0n) is 10.4. The van der Waals surface area contributed by atoms with E-state index >= 15 is 0 Å². The van der Waals surface area contributed by atoms with Crippen molar-refractivity contribution >= 4 is 5.91 Å². The highest BCUT2D eigenvalue weighted by molar-refractivity contribution is 5.76. The van der Waals surface area contributed by atoms with Gasteiger partial charge in [-0.15, -0.1) is 0 Å². The van der Waals surface area contributed by atoms with Gasteiger partial charge in [0.15, 0.2) is 0 Å². The molecule has 0 saturated heterocycles. The molecule has 0 aromatic heterocycles. The Balaban J connectivity index is 2.03. The Labute approximate surface area is 97.9 Å². The molecular weight excluding hydrogens is 204 g/mol. The summed E-state index contributed by atoms with van der Waals surface area (Å²) in [5.41, 5.74) is 5.50. The average Bonchev–Trinajstić information content (AvgIpc) is 2.23.